The molecule has 2 aliphatic heterocycles. The topological polar surface area (TPSA) is 112 Å². The van der Waals surface area contributed by atoms with Crippen LogP contribution < -0.4 is 10.2 Å². The molecule has 4 aromatic rings. The highest BCUT2D eigenvalue weighted by Gasteiger charge is 2.43. The first-order valence-electron chi connectivity index (χ1n) is 19.7. The van der Waals surface area contributed by atoms with Gasteiger partial charge in [-0.25, -0.2) is 14.2 Å². The normalized spacial score (nSPS) is 23.3. The molecule has 0 radical (unpaired) electrons. The zero-order valence-electron chi connectivity index (χ0n) is 33.0. The number of ether oxygens (including phenoxy) is 2. The molecule has 11 nitrogen and oxygen atoms in total. The van der Waals surface area contributed by atoms with Gasteiger partial charge in [0.05, 0.1) is 29.4 Å². The van der Waals surface area contributed by atoms with Crippen LogP contribution in [0.4, 0.5) is 21.0 Å². The summed E-state index contributed by atoms with van der Waals surface area (Å²) >= 11 is 7.04. The lowest BCUT2D eigenvalue weighted by atomic mass is 9.95. The number of rotatable bonds is 10. The summed E-state index contributed by atoms with van der Waals surface area (Å²) in [5, 5.41) is 12.4. The van der Waals surface area contributed by atoms with Crippen LogP contribution in [-0.2, 0) is 9.47 Å². The fourth-order valence-corrected chi connectivity index (χ4v) is 8.63. The third-order valence-electron chi connectivity index (χ3n) is 11.3. The van der Waals surface area contributed by atoms with Crippen molar-refractivity contribution >= 4 is 51.3 Å². The minimum Gasteiger partial charge on any atom is -0.444 e. The predicted octanol–water partition coefficient (Wildman–Crippen LogP) is 8.58. The Morgan fingerprint density at radius 1 is 1.11 bits per heavy atom. The molecule has 1 saturated carbocycles. The molecule has 3 unspecified atom stereocenters. The summed E-state index contributed by atoms with van der Waals surface area (Å²) in [7, 11) is 0. The standard InChI is InChI=1S/C41H56ClFN8O3/c1-9-10-26(5)53-22-27-17-33(27)49-15-13-28(14-16-49)45-39-46-37-29(18-31(42)35(36(37)43)34-23(2)11-12-32-30(34)19-44-48-32)38(47-39)50-20-25(4)51(21-24(50)3)40(52)54-41(6,7)8/h11-12,18-19,24-28,33H,9-10,13-17,20-22H2,1-8H3,(H,44,48)(H,45,46,47)/t24-,25+,26?,27?,33?/m0/s1. The van der Waals surface area contributed by atoms with Gasteiger partial charge in [0, 0.05) is 72.2 Å². The number of carbonyl (C=O) groups is 1. The van der Waals surface area contributed by atoms with Crippen LogP contribution in [0.25, 0.3) is 32.9 Å². The lowest BCUT2D eigenvalue weighted by molar-refractivity contribution is 0.0130. The van der Waals surface area contributed by atoms with Crippen molar-refractivity contribution in [1.29, 1.82) is 0 Å². The van der Waals surface area contributed by atoms with E-state index in [4.69, 9.17) is 31.0 Å². The molecule has 0 spiro atoms. The highest BCUT2D eigenvalue weighted by atomic mass is 35.5. The predicted molar refractivity (Wildman–Crippen MR) is 214 cm³/mol. The van der Waals surface area contributed by atoms with Crippen LogP contribution in [0.3, 0.4) is 0 Å². The number of benzene rings is 2. The van der Waals surface area contributed by atoms with Crippen molar-refractivity contribution in [3.8, 4) is 11.1 Å². The molecule has 3 aliphatic rings. The number of aromatic nitrogens is 4. The van der Waals surface area contributed by atoms with Gasteiger partial charge in [-0.1, -0.05) is 31.0 Å². The number of likely N-dealkylation sites (tertiary alicyclic amines) is 1. The average Bonchev–Trinajstić information content (AvgIpc) is 3.74. The Morgan fingerprint density at radius 3 is 2.59 bits per heavy atom. The number of halogens is 2. The second kappa shape index (κ2) is 15.4. The Kier molecular flexibility index (Phi) is 11.0. The number of H-pyrrole nitrogens is 1. The molecule has 13 heteroatoms. The smallest absolute Gasteiger partial charge is 0.410 e. The van der Waals surface area contributed by atoms with E-state index in [1.54, 1.807) is 17.2 Å². The van der Waals surface area contributed by atoms with E-state index in [0.717, 1.165) is 61.8 Å². The van der Waals surface area contributed by atoms with E-state index in [1.165, 1.54) is 6.42 Å². The second-order valence-corrected chi connectivity index (χ2v) is 17.2. The molecule has 7 rings (SSSR count). The minimum absolute atomic E-state index is 0.140. The Bertz CT molecular complexity index is 1990. The van der Waals surface area contributed by atoms with E-state index in [2.05, 4.69) is 46.1 Å². The van der Waals surface area contributed by atoms with Crippen molar-refractivity contribution in [1.82, 2.24) is 30.0 Å². The minimum atomic E-state index is -0.608. The fourth-order valence-electron chi connectivity index (χ4n) is 8.34. The van der Waals surface area contributed by atoms with Crippen molar-refractivity contribution in [2.45, 2.75) is 123 Å². The number of nitrogens with one attached hydrogen (secondary N) is 2. The van der Waals surface area contributed by atoms with Crippen molar-refractivity contribution in [2.24, 2.45) is 5.92 Å². The number of hydrogen-bond acceptors (Lipinski definition) is 9. The van der Waals surface area contributed by atoms with E-state index in [0.29, 0.717) is 59.4 Å². The largest absolute Gasteiger partial charge is 0.444 e. The van der Waals surface area contributed by atoms with Crippen LogP contribution in [0.15, 0.2) is 24.4 Å². The zero-order chi connectivity index (χ0) is 38.5. The molecule has 0 bridgehead atoms. The highest BCUT2D eigenvalue weighted by Crippen LogP contribution is 2.43. The summed E-state index contributed by atoms with van der Waals surface area (Å²) in [5.74, 6) is 1.09. The molecule has 2 aromatic carbocycles. The molecule has 54 heavy (non-hydrogen) atoms. The average molecular weight is 763 g/mol. The maximum Gasteiger partial charge on any atom is 0.410 e. The van der Waals surface area contributed by atoms with Gasteiger partial charge < -0.3 is 24.6 Å². The number of piperidine rings is 1. The Hall–Kier alpha value is -3.74. The van der Waals surface area contributed by atoms with Crippen molar-refractivity contribution in [3.05, 3.63) is 40.8 Å². The second-order valence-electron chi connectivity index (χ2n) is 16.8. The lowest BCUT2D eigenvalue weighted by Gasteiger charge is -2.45. The van der Waals surface area contributed by atoms with E-state index in [-0.39, 0.29) is 34.8 Å². The van der Waals surface area contributed by atoms with Gasteiger partial charge >= 0.3 is 6.09 Å². The number of carbonyl (C=O) groups excluding carboxylic acids is 1. The van der Waals surface area contributed by atoms with Crippen LogP contribution in [0.1, 0.15) is 86.1 Å². The molecule has 5 atom stereocenters. The SMILES string of the molecule is CCCC(C)OCC1CC1N1CCC(Nc2nc(N3C[C@@H](C)N(C(=O)OC(C)(C)C)C[C@@H]3C)c3cc(Cl)c(-c4c(C)ccc5[nH]ncc45)c(F)c3n2)CC1. The number of hydrogen-bond donors (Lipinski definition) is 2. The molecule has 2 aromatic heterocycles. The third-order valence-corrected chi connectivity index (χ3v) is 11.6. The summed E-state index contributed by atoms with van der Waals surface area (Å²) in [6.07, 6.45) is 6.99. The molecule has 1 amide bonds. The number of nitrogens with zero attached hydrogens (tertiary/aromatic N) is 6. The Morgan fingerprint density at radius 2 is 1.87 bits per heavy atom. The van der Waals surface area contributed by atoms with Crippen molar-refractivity contribution in [2.75, 3.05) is 43.0 Å². The maximum atomic E-state index is 17.2. The van der Waals surface area contributed by atoms with Crippen LogP contribution in [0.5, 0.6) is 0 Å². The molecular formula is C41H56ClFN8O3. The maximum absolute atomic E-state index is 17.2. The van der Waals surface area contributed by atoms with E-state index in [1.807, 2.05) is 46.8 Å². The van der Waals surface area contributed by atoms with Crippen LogP contribution in [0, 0.1) is 18.7 Å². The van der Waals surface area contributed by atoms with Gasteiger partial charge in [0.25, 0.3) is 0 Å². The molecular weight excluding hydrogens is 707 g/mol. The molecule has 2 saturated heterocycles. The molecule has 292 valence electrons. The van der Waals surface area contributed by atoms with Crippen LogP contribution in [-0.4, -0.2) is 105 Å². The van der Waals surface area contributed by atoms with E-state index in [9.17, 15) is 4.79 Å². The summed E-state index contributed by atoms with van der Waals surface area (Å²) in [6.45, 7) is 19.7. The first-order chi connectivity index (χ1) is 25.7. The van der Waals surface area contributed by atoms with E-state index < -0.39 is 11.4 Å². The van der Waals surface area contributed by atoms with Crippen LogP contribution >= 0.6 is 11.6 Å². The van der Waals surface area contributed by atoms with Gasteiger partial charge in [-0.2, -0.15) is 10.1 Å². The van der Waals surface area contributed by atoms with Gasteiger partial charge in [-0.05, 0) is 97.8 Å². The summed E-state index contributed by atoms with van der Waals surface area (Å²) in [5.41, 5.74) is 2.25. The molecule has 4 heterocycles. The number of piperazine rings is 1. The molecule has 3 fully saturated rings. The molecule has 2 N–H and O–H groups in total. The van der Waals surface area contributed by atoms with Crippen molar-refractivity contribution in [3.63, 3.8) is 0 Å². The van der Waals surface area contributed by atoms with E-state index >= 15 is 4.39 Å². The highest BCUT2D eigenvalue weighted by molar-refractivity contribution is 6.35. The monoisotopic (exact) mass is 762 g/mol. The van der Waals surface area contributed by atoms with Crippen molar-refractivity contribution < 1.29 is 18.7 Å². The summed E-state index contributed by atoms with van der Waals surface area (Å²) in [4.78, 5) is 29.7. The Balaban J connectivity index is 1.19. The number of amides is 1. The van der Waals surface area contributed by atoms with Crippen LogP contribution in [0.2, 0.25) is 5.02 Å². The summed E-state index contributed by atoms with van der Waals surface area (Å²) < 4.78 is 29.1. The number of anilines is 2. The van der Waals surface area contributed by atoms with Gasteiger partial charge in [0.1, 0.15) is 16.9 Å². The van der Waals surface area contributed by atoms with Gasteiger partial charge in [-0.15, -0.1) is 0 Å². The first kappa shape index (κ1) is 38.5. The van der Waals surface area contributed by atoms with Gasteiger partial charge in [0.15, 0.2) is 5.82 Å². The number of aromatic amines is 1. The van der Waals surface area contributed by atoms with Gasteiger partial charge in [0.2, 0.25) is 5.95 Å². The summed E-state index contributed by atoms with van der Waals surface area (Å²) in [6, 6.07) is 6.07. The number of fused-ring (bicyclic) bond motifs is 2. The quantitative estimate of drug-likeness (QED) is 0.164. The fraction of sp³-hybridized carbons (Fsp3) is 0.610. The zero-order valence-corrected chi connectivity index (χ0v) is 33.8. The number of aryl methyl sites for hydroxylation is 1. The lowest BCUT2D eigenvalue weighted by Crippen LogP contribution is -2.59. The first-order valence-corrected chi connectivity index (χ1v) is 20.1. The Labute approximate surface area is 323 Å². The third kappa shape index (κ3) is 7.97. The molecule has 1 aliphatic carbocycles. The van der Waals surface area contributed by atoms with Gasteiger partial charge in [-0.3, -0.25) is 10.00 Å².